The molecule has 22 heavy (non-hydrogen) atoms. The summed E-state index contributed by atoms with van der Waals surface area (Å²) in [5.74, 6) is 0.578. The first-order valence-corrected chi connectivity index (χ1v) is 8.09. The third kappa shape index (κ3) is 8.22. The fourth-order valence-corrected chi connectivity index (χ4v) is 1.91. The van der Waals surface area contributed by atoms with Crippen molar-refractivity contribution in [3.63, 3.8) is 0 Å². The quantitative estimate of drug-likeness (QED) is 0.490. The highest BCUT2D eigenvalue weighted by atomic mass is 16.3. The van der Waals surface area contributed by atoms with Crippen LogP contribution in [0.25, 0.3) is 0 Å². The van der Waals surface area contributed by atoms with Crippen molar-refractivity contribution in [2.45, 2.75) is 65.5 Å². The molecule has 0 aliphatic rings. The SMILES string of the molecule is CCNC(=NCC(O)(CC)CC)N(C)CC(=O)NC(C)(C)C. The van der Waals surface area contributed by atoms with Crippen molar-refractivity contribution in [1.82, 2.24) is 15.5 Å². The van der Waals surface area contributed by atoms with Gasteiger partial charge in [-0.3, -0.25) is 9.79 Å². The van der Waals surface area contributed by atoms with Crippen molar-refractivity contribution in [3.05, 3.63) is 0 Å². The molecule has 0 heterocycles. The Balaban J connectivity index is 4.82. The Morgan fingerprint density at radius 2 is 1.73 bits per heavy atom. The molecule has 0 aromatic carbocycles. The Hall–Kier alpha value is -1.30. The third-order valence-electron chi connectivity index (χ3n) is 3.43. The maximum Gasteiger partial charge on any atom is 0.240 e. The smallest absolute Gasteiger partial charge is 0.240 e. The number of carbonyl (C=O) groups excluding carboxylic acids is 1. The number of hydrogen-bond acceptors (Lipinski definition) is 3. The van der Waals surface area contributed by atoms with Gasteiger partial charge in [-0.2, -0.15) is 0 Å². The van der Waals surface area contributed by atoms with Crippen LogP contribution in [0.1, 0.15) is 54.4 Å². The highest BCUT2D eigenvalue weighted by molar-refractivity contribution is 5.86. The predicted octanol–water partition coefficient (Wildman–Crippen LogP) is 1.35. The van der Waals surface area contributed by atoms with E-state index in [2.05, 4.69) is 15.6 Å². The van der Waals surface area contributed by atoms with Gasteiger partial charge in [0, 0.05) is 19.1 Å². The normalized spacial score (nSPS) is 13.0. The summed E-state index contributed by atoms with van der Waals surface area (Å²) in [7, 11) is 1.82. The molecule has 0 spiro atoms. The van der Waals surface area contributed by atoms with Crippen LogP contribution in [-0.4, -0.2) is 59.7 Å². The molecule has 0 radical (unpaired) electrons. The van der Waals surface area contributed by atoms with E-state index in [1.54, 1.807) is 4.90 Å². The minimum atomic E-state index is -0.783. The van der Waals surface area contributed by atoms with Crippen LogP contribution in [0.4, 0.5) is 0 Å². The first-order chi connectivity index (χ1) is 10.1. The molecule has 0 aromatic heterocycles. The molecular formula is C16H34N4O2. The van der Waals surface area contributed by atoms with Crippen molar-refractivity contribution >= 4 is 11.9 Å². The maximum atomic E-state index is 12.0. The lowest BCUT2D eigenvalue weighted by Gasteiger charge is -2.27. The van der Waals surface area contributed by atoms with E-state index in [1.807, 2.05) is 48.6 Å². The second-order valence-electron chi connectivity index (χ2n) is 6.76. The van der Waals surface area contributed by atoms with Crippen LogP contribution in [-0.2, 0) is 4.79 Å². The zero-order valence-corrected chi connectivity index (χ0v) is 15.3. The molecule has 0 atom stereocenters. The van der Waals surface area contributed by atoms with Crippen molar-refractivity contribution in [1.29, 1.82) is 0 Å². The first kappa shape index (κ1) is 20.7. The number of nitrogens with one attached hydrogen (secondary N) is 2. The number of rotatable bonds is 7. The highest BCUT2D eigenvalue weighted by Gasteiger charge is 2.22. The topological polar surface area (TPSA) is 77.0 Å². The van der Waals surface area contributed by atoms with E-state index in [9.17, 15) is 9.90 Å². The molecule has 6 heteroatoms. The van der Waals surface area contributed by atoms with Crippen molar-refractivity contribution in [3.8, 4) is 0 Å². The van der Waals surface area contributed by atoms with Gasteiger partial charge in [-0.25, -0.2) is 0 Å². The molecule has 1 amide bonds. The molecular weight excluding hydrogens is 280 g/mol. The minimum absolute atomic E-state index is 0.0538. The van der Waals surface area contributed by atoms with E-state index in [1.165, 1.54) is 0 Å². The van der Waals surface area contributed by atoms with E-state index in [0.717, 1.165) is 0 Å². The molecule has 0 aliphatic heterocycles. The minimum Gasteiger partial charge on any atom is -0.388 e. The molecule has 3 N–H and O–H groups in total. The Labute approximate surface area is 135 Å². The van der Waals surface area contributed by atoms with Crippen LogP contribution in [0.15, 0.2) is 4.99 Å². The molecule has 0 unspecified atom stereocenters. The summed E-state index contributed by atoms with van der Waals surface area (Å²) in [6, 6.07) is 0. The van der Waals surface area contributed by atoms with Gasteiger partial charge in [-0.1, -0.05) is 13.8 Å². The predicted molar refractivity (Wildman–Crippen MR) is 92.0 cm³/mol. The molecule has 0 rings (SSSR count). The van der Waals surface area contributed by atoms with Crippen LogP contribution in [0.5, 0.6) is 0 Å². The Morgan fingerprint density at radius 3 is 2.14 bits per heavy atom. The van der Waals surface area contributed by atoms with Crippen LogP contribution in [0.3, 0.4) is 0 Å². The molecule has 0 fully saturated rings. The molecule has 0 aliphatic carbocycles. The largest absolute Gasteiger partial charge is 0.388 e. The summed E-state index contributed by atoms with van der Waals surface area (Å²) in [5.41, 5.74) is -1.03. The van der Waals surface area contributed by atoms with Crippen LogP contribution >= 0.6 is 0 Å². The molecule has 6 nitrogen and oxygen atoms in total. The third-order valence-corrected chi connectivity index (χ3v) is 3.43. The van der Waals surface area contributed by atoms with E-state index >= 15 is 0 Å². The lowest BCUT2D eigenvalue weighted by molar-refractivity contribution is -0.122. The zero-order chi connectivity index (χ0) is 17.4. The first-order valence-electron chi connectivity index (χ1n) is 8.09. The Bertz CT molecular complexity index is 371. The number of likely N-dealkylation sites (N-methyl/N-ethyl adjacent to an activating group) is 1. The van der Waals surface area contributed by atoms with Gasteiger partial charge in [0.25, 0.3) is 0 Å². The van der Waals surface area contributed by atoms with E-state index in [-0.39, 0.29) is 18.0 Å². The van der Waals surface area contributed by atoms with Gasteiger partial charge >= 0.3 is 0 Å². The Morgan fingerprint density at radius 1 is 1.18 bits per heavy atom. The second-order valence-corrected chi connectivity index (χ2v) is 6.76. The standard InChI is InChI=1S/C16H34N4O2/c1-8-16(22,9-2)12-18-14(17-10-3)20(7)11-13(21)19-15(4,5)6/h22H,8-12H2,1-7H3,(H,17,18)(H,19,21). The van der Waals surface area contributed by atoms with Gasteiger partial charge in [-0.05, 0) is 40.5 Å². The van der Waals surface area contributed by atoms with Gasteiger partial charge in [0.1, 0.15) is 0 Å². The average molecular weight is 314 g/mol. The number of aliphatic hydroxyl groups is 1. The number of hydrogen-bond donors (Lipinski definition) is 3. The van der Waals surface area contributed by atoms with Crippen LogP contribution in [0, 0.1) is 0 Å². The fourth-order valence-electron chi connectivity index (χ4n) is 1.91. The number of carbonyl (C=O) groups is 1. The number of amides is 1. The maximum absolute atomic E-state index is 12.0. The van der Waals surface area contributed by atoms with Gasteiger partial charge in [0.2, 0.25) is 5.91 Å². The lowest BCUT2D eigenvalue weighted by atomic mass is 9.98. The summed E-state index contributed by atoms with van der Waals surface area (Å²) < 4.78 is 0. The van der Waals surface area contributed by atoms with Gasteiger partial charge in [-0.15, -0.1) is 0 Å². The van der Waals surface area contributed by atoms with E-state index < -0.39 is 5.60 Å². The van der Waals surface area contributed by atoms with Gasteiger partial charge in [0.15, 0.2) is 5.96 Å². The average Bonchev–Trinajstić information content (AvgIpc) is 2.40. The van der Waals surface area contributed by atoms with Crippen molar-refractivity contribution in [2.75, 3.05) is 26.7 Å². The number of nitrogens with zero attached hydrogens (tertiary/aromatic N) is 2. The highest BCUT2D eigenvalue weighted by Crippen LogP contribution is 2.14. The molecule has 0 aromatic rings. The summed E-state index contributed by atoms with van der Waals surface area (Å²) >= 11 is 0. The van der Waals surface area contributed by atoms with E-state index in [4.69, 9.17) is 0 Å². The van der Waals surface area contributed by atoms with E-state index in [0.29, 0.717) is 31.9 Å². The Kier molecular flexibility index (Phi) is 8.45. The van der Waals surface area contributed by atoms with Gasteiger partial charge < -0.3 is 20.6 Å². The summed E-state index contributed by atoms with van der Waals surface area (Å²) in [5, 5.41) is 16.4. The molecule has 0 bridgehead atoms. The van der Waals surface area contributed by atoms with Crippen molar-refractivity contribution < 1.29 is 9.90 Å². The summed E-state index contributed by atoms with van der Waals surface area (Å²) in [6.45, 7) is 13.0. The second kappa shape index (κ2) is 8.98. The van der Waals surface area contributed by atoms with Crippen LogP contribution in [0.2, 0.25) is 0 Å². The van der Waals surface area contributed by atoms with Crippen molar-refractivity contribution in [2.24, 2.45) is 4.99 Å². The molecule has 0 saturated heterocycles. The zero-order valence-electron chi connectivity index (χ0n) is 15.3. The number of guanidine groups is 1. The fraction of sp³-hybridized carbons (Fsp3) is 0.875. The summed E-state index contributed by atoms with van der Waals surface area (Å²) in [4.78, 5) is 18.3. The molecule has 0 saturated carbocycles. The monoisotopic (exact) mass is 314 g/mol. The van der Waals surface area contributed by atoms with Gasteiger partial charge in [0.05, 0.1) is 18.7 Å². The number of aliphatic imine (C=N–C) groups is 1. The summed E-state index contributed by atoms with van der Waals surface area (Å²) in [6.07, 6.45) is 1.31. The molecule has 130 valence electrons. The van der Waals surface area contributed by atoms with Crippen LogP contribution < -0.4 is 10.6 Å². The lowest BCUT2D eigenvalue weighted by Crippen LogP contribution is -2.49.